The summed E-state index contributed by atoms with van der Waals surface area (Å²) in [5.41, 5.74) is 1.45. The molecule has 1 atom stereocenters. The van der Waals surface area contributed by atoms with Crippen molar-refractivity contribution >= 4 is 22.6 Å². The predicted molar refractivity (Wildman–Crippen MR) is 62.4 cm³/mol. The summed E-state index contributed by atoms with van der Waals surface area (Å²) in [4.78, 5) is 0. The van der Waals surface area contributed by atoms with Gasteiger partial charge in [0.2, 0.25) is 0 Å². The van der Waals surface area contributed by atoms with Crippen LogP contribution in [0.1, 0.15) is 32.3 Å². The van der Waals surface area contributed by atoms with Crippen LogP contribution in [0.15, 0.2) is 24.3 Å². The maximum atomic E-state index is 2.34. The molecule has 0 saturated heterocycles. The van der Waals surface area contributed by atoms with Crippen LogP contribution in [0.2, 0.25) is 0 Å². The van der Waals surface area contributed by atoms with Crippen molar-refractivity contribution in [3.8, 4) is 0 Å². The van der Waals surface area contributed by atoms with E-state index in [0.29, 0.717) is 5.92 Å². The van der Waals surface area contributed by atoms with E-state index >= 15 is 0 Å². The van der Waals surface area contributed by atoms with Crippen molar-refractivity contribution in [3.05, 3.63) is 33.4 Å². The van der Waals surface area contributed by atoms with Gasteiger partial charge in [0.1, 0.15) is 0 Å². The Kier molecular flexibility index (Phi) is 3.56. The highest BCUT2D eigenvalue weighted by Gasteiger charge is 2.08. The first-order valence-corrected chi connectivity index (χ1v) is 5.44. The molecule has 0 fully saturated rings. The van der Waals surface area contributed by atoms with Crippen LogP contribution < -0.4 is 0 Å². The molecule has 0 radical (unpaired) electrons. The van der Waals surface area contributed by atoms with Crippen molar-refractivity contribution in [2.45, 2.75) is 26.7 Å². The average Bonchev–Trinajstić information content (AvgIpc) is 2.04. The quantitative estimate of drug-likeness (QED) is 0.714. The second-order valence-electron chi connectivity index (χ2n) is 3.58. The Bertz CT molecular complexity index is 236. The molecule has 0 aromatic heterocycles. The van der Waals surface area contributed by atoms with Gasteiger partial charge in [0.25, 0.3) is 0 Å². The van der Waals surface area contributed by atoms with Gasteiger partial charge in [0, 0.05) is 3.57 Å². The van der Waals surface area contributed by atoms with Crippen LogP contribution in [0, 0.1) is 9.49 Å². The molecular formula is C11H15I. The molecule has 0 bridgehead atoms. The fourth-order valence-corrected chi connectivity index (χ4v) is 1.51. The van der Waals surface area contributed by atoms with Crippen LogP contribution in [0.3, 0.4) is 0 Å². The summed E-state index contributed by atoms with van der Waals surface area (Å²) in [6, 6.07) is 8.81. The zero-order valence-corrected chi connectivity index (χ0v) is 10.00. The molecule has 0 spiro atoms. The highest BCUT2D eigenvalue weighted by atomic mass is 127. The lowest BCUT2D eigenvalue weighted by molar-refractivity contribution is 0.535. The molecule has 0 aliphatic carbocycles. The van der Waals surface area contributed by atoms with Crippen molar-refractivity contribution < 1.29 is 0 Å². The lowest BCUT2D eigenvalue weighted by atomic mass is 9.91. The van der Waals surface area contributed by atoms with Crippen LogP contribution >= 0.6 is 22.6 Å². The lowest BCUT2D eigenvalue weighted by Crippen LogP contribution is -2.01. The fraction of sp³-hybridized carbons (Fsp3) is 0.455. The first kappa shape index (κ1) is 10.0. The Morgan fingerprint density at radius 1 is 1.00 bits per heavy atom. The van der Waals surface area contributed by atoms with Crippen LogP contribution in [0.5, 0.6) is 0 Å². The molecule has 0 heterocycles. The van der Waals surface area contributed by atoms with Crippen molar-refractivity contribution in [1.82, 2.24) is 0 Å². The summed E-state index contributed by atoms with van der Waals surface area (Å²) < 4.78 is 1.31. The standard InChI is InChI=1S/C11H15I/c1-8(2)9(3)10-4-6-11(12)7-5-10/h4-9H,1-3H3/t9-/m0/s1. The molecular weight excluding hydrogens is 259 g/mol. The van der Waals surface area contributed by atoms with E-state index in [1.807, 2.05) is 0 Å². The summed E-state index contributed by atoms with van der Waals surface area (Å²) in [6.07, 6.45) is 0. The largest absolute Gasteiger partial charge is 0.0622 e. The van der Waals surface area contributed by atoms with Crippen molar-refractivity contribution in [2.24, 2.45) is 5.92 Å². The van der Waals surface area contributed by atoms with Crippen molar-refractivity contribution in [3.63, 3.8) is 0 Å². The molecule has 0 unspecified atom stereocenters. The van der Waals surface area contributed by atoms with Crippen LogP contribution in [-0.4, -0.2) is 0 Å². The van der Waals surface area contributed by atoms with Gasteiger partial charge in [-0.05, 0) is 52.1 Å². The molecule has 1 heteroatoms. The van der Waals surface area contributed by atoms with E-state index in [4.69, 9.17) is 0 Å². The lowest BCUT2D eigenvalue weighted by Gasteiger charge is -2.15. The number of rotatable bonds is 2. The van der Waals surface area contributed by atoms with Crippen molar-refractivity contribution in [1.29, 1.82) is 0 Å². The number of hydrogen-bond donors (Lipinski definition) is 0. The Labute approximate surface area is 88.5 Å². The summed E-state index contributed by atoms with van der Waals surface area (Å²) in [7, 11) is 0. The Balaban J connectivity index is 2.82. The molecule has 0 saturated carbocycles. The van der Waals surface area contributed by atoms with Gasteiger partial charge in [0.05, 0.1) is 0 Å². The van der Waals surface area contributed by atoms with E-state index in [9.17, 15) is 0 Å². The van der Waals surface area contributed by atoms with Gasteiger partial charge in [-0.3, -0.25) is 0 Å². The molecule has 1 aromatic rings. The SMILES string of the molecule is CC(C)[C@H](C)c1ccc(I)cc1. The number of benzene rings is 1. The van der Waals surface area contributed by atoms with E-state index in [-0.39, 0.29) is 0 Å². The molecule has 0 amide bonds. The normalized spacial score (nSPS) is 13.4. The van der Waals surface area contributed by atoms with E-state index in [1.54, 1.807) is 0 Å². The van der Waals surface area contributed by atoms with Gasteiger partial charge >= 0.3 is 0 Å². The van der Waals surface area contributed by atoms with Gasteiger partial charge in [-0.2, -0.15) is 0 Å². The second-order valence-corrected chi connectivity index (χ2v) is 4.83. The van der Waals surface area contributed by atoms with Gasteiger partial charge in [-0.15, -0.1) is 0 Å². The van der Waals surface area contributed by atoms with E-state index < -0.39 is 0 Å². The molecule has 0 aliphatic rings. The third-order valence-electron chi connectivity index (χ3n) is 2.40. The third kappa shape index (κ3) is 2.47. The Hall–Kier alpha value is -0.0500. The van der Waals surface area contributed by atoms with Gasteiger partial charge in [-0.25, -0.2) is 0 Å². The third-order valence-corrected chi connectivity index (χ3v) is 3.11. The topological polar surface area (TPSA) is 0 Å². The Morgan fingerprint density at radius 2 is 1.50 bits per heavy atom. The zero-order valence-electron chi connectivity index (χ0n) is 7.84. The van der Waals surface area contributed by atoms with Crippen LogP contribution in [0.25, 0.3) is 0 Å². The van der Waals surface area contributed by atoms with E-state index in [1.165, 1.54) is 9.13 Å². The summed E-state index contributed by atoms with van der Waals surface area (Å²) in [6.45, 7) is 6.82. The minimum Gasteiger partial charge on any atom is -0.0622 e. The van der Waals surface area contributed by atoms with Crippen molar-refractivity contribution in [2.75, 3.05) is 0 Å². The molecule has 66 valence electrons. The monoisotopic (exact) mass is 274 g/mol. The average molecular weight is 274 g/mol. The minimum atomic E-state index is 0.669. The van der Waals surface area contributed by atoms with Gasteiger partial charge in [0.15, 0.2) is 0 Å². The first-order valence-electron chi connectivity index (χ1n) is 4.36. The summed E-state index contributed by atoms with van der Waals surface area (Å²) in [5, 5.41) is 0. The molecule has 12 heavy (non-hydrogen) atoms. The number of hydrogen-bond acceptors (Lipinski definition) is 0. The van der Waals surface area contributed by atoms with Gasteiger partial charge < -0.3 is 0 Å². The fourth-order valence-electron chi connectivity index (χ4n) is 1.15. The Morgan fingerprint density at radius 3 is 1.92 bits per heavy atom. The summed E-state index contributed by atoms with van der Waals surface area (Å²) >= 11 is 2.34. The molecule has 1 rings (SSSR count). The maximum absolute atomic E-state index is 2.34. The molecule has 0 aliphatic heterocycles. The molecule has 0 N–H and O–H groups in total. The minimum absolute atomic E-state index is 0.669. The zero-order chi connectivity index (χ0) is 9.14. The number of halogens is 1. The summed E-state index contributed by atoms with van der Waals surface area (Å²) in [5.74, 6) is 1.40. The molecule has 1 aromatic carbocycles. The van der Waals surface area contributed by atoms with E-state index in [2.05, 4.69) is 67.6 Å². The smallest absolute Gasteiger partial charge is 0.0130 e. The first-order chi connectivity index (χ1) is 5.61. The van der Waals surface area contributed by atoms with Crippen LogP contribution in [0.4, 0.5) is 0 Å². The highest BCUT2D eigenvalue weighted by Crippen LogP contribution is 2.23. The predicted octanol–water partition coefficient (Wildman–Crippen LogP) is 4.05. The van der Waals surface area contributed by atoms with Gasteiger partial charge in [-0.1, -0.05) is 32.9 Å². The maximum Gasteiger partial charge on any atom is 0.0130 e. The van der Waals surface area contributed by atoms with E-state index in [0.717, 1.165) is 5.92 Å². The highest BCUT2D eigenvalue weighted by molar-refractivity contribution is 14.1. The van der Waals surface area contributed by atoms with Crippen LogP contribution in [-0.2, 0) is 0 Å². The second kappa shape index (κ2) is 4.26. The molecule has 0 nitrogen and oxygen atoms in total.